The van der Waals surface area contributed by atoms with Gasteiger partial charge in [0, 0.05) is 30.8 Å². The minimum atomic E-state index is -0.141. The molecule has 1 aliphatic rings. The number of carbonyl (C=O) groups is 1. The minimum absolute atomic E-state index is 0.141. The lowest BCUT2D eigenvalue weighted by molar-refractivity contribution is 0.0940. The molecule has 0 fully saturated rings. The summed E-state index contributed by atoms with van der Waals surface area (Å²) < 4.78 is 1.91. The first-order chi connectivity index (χ1) is 13.6. The first-order valence-electron chi connectivity index (χ1n) is 9.48. The van der Waals surface area contributed by atoms with Crippen molar-refractivity contribution >= 4 is 11.7 Å². The highest BCUT2D eigenvalue weighted by molar-refractivity contribution is 5.96. The van der Waals surface area contributed by atoms with E-state index >= 15 is 0 Å². The maximum atomic E-state index is 12.3. The van der Waals surface area contributed by atoms with Crippen LogP contribution < -0.4 is 10.6 Å². The lowest BCUT2D eigenvalue weighted by atomic mass is 10.1. The zero-order valence-electron chi connectivity index (χ0n) is 16.1. The van der Waals surface area contributed by atoms with Crippen LogP contribution in [0.4, 0.5) is 5.82 Å². The van der Waals surface area contributed by atoms with E-state index in [0.717, 1.165) is 54.5 Å². The zero-order valence-corrected chi connectivity index (χ0v) is 16.1. The number of aromatic nitrogens is 5. The maximum absolute atomic E-state index is 12.3. The average molecular weight is 377 g/mol. The molecule has 0 bridgehead atoms. The Kier molecular flexibility index (Phi) is 5.01. The van der Waals surface area contributed by atoms with Gasteiger partial charge < -0.3 is 10.6 Å². The van der Waals surface area contributed by atoms with Crippen LogP contribution in [0.2, 0.25) is 0 Å². The van der Waals surface area contributed by atoms with Gasteiger partial charge in [0.1, 0.15) is 23.2 Å². The van der Waals surface area contributed by atoms with Gasteiger partial charge in [-0.1, -0.05) is 30.3 Å². The predicted molar refractivity (Wildman–Crippen MR) is 106 cm³/mol. The van der Waals surface area contributed by atoms with Gasteiger partial charge >= 0.3 is 0 Å². The molecule has 3 heterocycles. The van der Waals surface area contributed by atoms with Gasteiger partial charge in [0.2, 0.25) is 0 Å². The molecule has 0 saturated heterocycles. The van der Waals surface area contributed by atoms with Crippen LogP contribution >= 0.6 is 0 Å². The molecule has 0 spiro atoms. The summed E-state index contributed by atoms with van der Waals surface area (Å²) in [6.07, 6.45) is 1.59. The van der Waals surface area contributed by atoms with E-state index in [-0.39, 0.29) is 5.91 Å². The lowest BCUT2D eigenvalue weighted by Gasteiger charge is -2.20. The van der Waals surface area contributed by atoms with Gasteiger partial charge in [-0.15, -0.1) is 0 Å². The van der Waals surface area contributed by atoms with Crippen molar-refractivity contribution in [2.75, 3.05) is 18.4 Å². The Labute approximate surface area is 163 Å². The van der Waals surface area contributed by atoms with Crippen LogP contribution in [-0.4, -0.2) is 43.7 Å². The molecule has 0 radical (unpaired) electrons. The third-order valence-electron chi connectivity index (χ3n) is 4.72. The first-order valence-corrected chi connectivity index (χ1v) is 9.48. The van der Waals surface area contributed by atoms with Crippen LogP contribution in [0.5, 0.6) is 0 Å². The monoisotopic (exact) mass is 377 g/mol. The van der Waals surface area contributed by atoms with Crippen LogP contribution in [0, 0.1) is 13.8 Å². The molecule has 144 valence electrons. The molecule has 0 atom stereocenters. The molecular formula is C20H23N7O. The Hall–Kier alpha value is -3.29. The summed E-state index contributed by atoms with van der Waals surface area (Å²) in [6, 6.07) is 9.72. The number of hydrogen-bond acceptors (Lipinski definition) is 6. The van der Waals surface area contributed by atoms with Crippen molar-refractivity contribution < 1.29 is 4.79 Å². The van der Waals surface area contributed by atoms with Crippen molar-refractivity contribution in [2.24, 2.45) is 0 Å². The van der Waals surface area contributed by atoms with Gasteiger partial charge in [0.25, 0.3) is 5.91 Å². The van der Waals surface area contributed by atoms with Gasteiger partial charge in [-0.05, 0) is 26.7 Å². The Bertz CT molecular complexity index is 997. The zero-order chi connectivity index (χ0) is 19.5. The van der Waals surface area contributed by atoms with Crippen molar-refractivity contribution in [3.8, 4) is 11.4 Å². The van der Waals surface area contributed by atoms with E-state index in [2.05, 4.69) is 25.7 Å². The Balaban J connectivity index is 1.54. The second-order valence-electron chi connectivity index (χ2n) is 6.80. The predicted octanol–water partition coefficient (Wildman–Crippen LogP) is 2.14. The topological polar surface area (TPSA) is 97.6 Å². The molecule has 1 aromatic carbocycles. The van der Waals surface area contributed by atoms with E-state index in [1.165, 1.54) is 0 Å². The number of hydrogen-bond donors (Lipinski definition) is 2. The van der Waals surface area contributed by atoms with E-state index in [9.17, 15) is 4.79 Å². The van der Waals surface area contributed by atoms with Gasteiger partial charge in [0.05, 0.1) is 0 Å². The number of nitrogens with zero attached hydrogens (tertiary/aromatic N) is 5. The molecule has 2 aromatic heterocycles. The van der Waals surface area contributed by atoms with Crippen molar-refractivity contribution in [3.05, 3.63) is 53.2 Å². The number of fused-ring (bicyclic) bond motifs is 1. The molecule has 0 saturated carbocycles. The van der Waals surface area contributed by atoms with Crippen molar-refractivity contribution in [1.29, 1.82) is 0 Å². The third kappa shape index (κ3) is 3.71. The summed E-state index contributed by atoms with van der Waals surface area (Å²) in [4.78, 5) is 25.9. The molecular weight excluding hydrogens is 354 g/mol. The van der Waals surface area contributed by atoms with E-state index in [0.29, 0.717) is 18.1 Å². The van der Waals surface area contributed by atoms with Gasteiger partial charge in [-0.3, -0.25) is 9.48 Å². The second-order valence-corrected chi connectivity index (χ2v) is 6.80. The van der Waals surface area contributed by atoms with Crippen LogP contribution in [0.3, 0.4) is 0 Å². The quantitative estimate of drug-likeness (QED) is 0.639. The van der Waals surface area contributed by atoms with Crippen LogP contribution in [-0.2, 0) is 13.0 Å². The average Bonchev–Trinajstić information content (AvgIpc) is 3.03. The fraction of sp³-hybridized carbons (Fsp3) is 0.350. The molecule has 8 heteroatoms. The number of benzene rings is 1. The number of rotatable bonds is 6. The lowest BCUT2D eigenvalue weighted by Crippen LogP contribution is -2.34. The molecule has 1 aliphatic heterocycles. The van der Waals surface area contributed by atoms with E-state index in [4.69, 9.17) is 4.98 Å². The molecule has 2 N–H and O–H groups in total. The largest absolute Gasteiger partial charge is 0.370 e. The highest BCUT2D eigenvalue weighted by Gasteiger charge is 2.24. The first kappa shape index (κ1) is 18.1. The molecule has 28 heavy (non-hydrogen) atoms. The summed E-state index contributed by atoms with van der Waals surface area (Å²) in [6.45, 7) is 5.95. The van der Waals surface area contributed by atoms with Gasteiger partial charge in [-0.25, -0.2) is 15.0 Å². The molecule has 1 amide bonds. The Morgan fingerprint density at radius 2 is 1.96 bits per heavy atom. The van der Waals surface area contributed by atoms with Crippen LogP contribution in [0.25, 0.3) is 11.4 Å². The number of anilines is 1. The maximum Gasteiger partial charge on any atom is 0.270 e. The normalized spacial score (nSPS) is 13.1. The minimum Gasteiger partial charge on any atom is -0.370 e. The highest BCUT2D eigenvalue weighted by Crippen LogP contribution is 2.24. The summed E-state index contributed by atoms with van der Waals surface area (Å²) in [5, 5.41) is 10.7. The Morgan fingerprint density at radius 3 is 2.71 bits per heavy atom. The van der Waals surface area contributed by atoms with Crippen LogP contribution in [0.1, 0.15) is 34.1 Å². The van der Waals surface area contributed by atoms with E-state index in [1.807, 2.05) is 48.9 Å². The number of nitrogens with one attached hydrogen (secondary N) is 2. The fourth-order valence-corrected chi connectivity index (χ4v) is 3.36. The summed E-state index contributed by atoms with van der Waals surface area (Å²) in [5.74, 6) is 2.86. The fourth-order valence-electron chi connectivity index (χ4n) is 3.36. The van der Waals surface area contributed by atoms with Crippen molar-refractivity contribution in [3.63, 3.8) is 0 Å². The molecule has 8 nitrogen and oxygen atoms in total. The number of aryl methyl sites for hydroxylation is 3. The van der Waals surface area contributed by atoms with Crippen molar-refractivity contribution in [1.82, 2.24) is 30.0 Å². The standard InChI is InChI=1S/C20H23N7O/c1-13-23-14(2)27(26-13)12-6-10-21-19-16-9-11-22-20(28)17(16)24-18(25-19)15-7-4-3-5-8-15/h3-5,7-8H,6,9-12H2,1-2H3,(H,22,28)(H,21,24,25). The van der Waals surface area contributed by atoms with E-state index in [1.54, 1.807) is 0 Å². The van der Waals surface area contributed by atoms with Gasteiger partial charge in [0.15, 0.2) is 5.82 Å². The molecule has 3 aromatic rings. The number of carbonyl (C=O) groups excluding carboxylic acids is 1. The second kappa shape index (κ2) is 7.75. The molecule has 0 unspecified atom stereocenters. The molecule has 4 rings (SSSR count). The van der Waals surface area contributed by atoms with Crippen LogP contribution in [0.15, 0.2) is 30.3 Å². The van der Waals surface area contributed by atoms with Gasteiger partial charge in [-0.2, -0.15) is 5.10 Å². The smallest absolute Gasteiger partial charge is 0.270 e. The van der Waals surface area contributed by atoms with E-state index < -0.39 is 0 Å². The van der Waals surface area contributed by atoms with Crippen molar-refractivity contribution in [2.45, 2.75) is 33.2 Å². The molecule has 0 aliphatic carbocycles. The summed E-state index contributed by atoms with van der Waals surface area (Å²) in [5.41, 5.74) is 2.24. The summed E-state index contributed by atoms with van der Waals surface area (Å²) >= 11 is 0. The summed E-state index contributed by atoms with van der Waals surface area (Å²) in [7, 11) is 0. The third-order valence-corrected chi connectivity index (χ3v) is 4.72. The SMILES string of the molecule is Cc1nc(C)n(CCCNc2nc(-c3ccccc3)nc3c2CCNC3=O)n1. The Morgan fingerprint density at radius 1 is 1.14 bits per heavy atom. The number of amides is 1. The highest BCUT2D eigenvalue weighted by atomic mass is 16.1.